The molecule has 16 heavy (non-hydrogen) atoms. The van der Waals surface area contributed by atoms with Gasteiger partial charge in [-0.15, -0.1) is 0 Å². The molecular weight excluding hydrogens is 194 g/mol. The molecule has 0 amide bonds. The first-order chi connectivity index (χ1) is 7.72. The Bertz CT molecular complexity index is 366. The molecule has 1 heterocycles. The molecule has 0 bridgehead atoms. The van der Waals surface area contributed by atoms with Crippen molar-refractivity contribution >= 4 is 5.69 Å². The first-order valence-electron chi connectivity index (χ1n) is 6.23. The number of anilines is 1. The van der Waals surface area contributed by atoms with E-state index in [1.54, 1.807) is 0 Å². The fourth-order valence-corrected chi connectivity index (χ4v) is 2.77. The highest BCUT2D eigenvalue weighted by Crippen LogP contribution is 2.31. The summed E-state index contributed by atoms with van der Waals surface area (Å²) in [6, 6.07) is 11.4. The Labute approximate surface area is 98.8 Å². The van der Waals surface area contributed by atoms with Gasteiger partial charge < -0.3 is 4.90 Å². The maximum absolute atomic E-state index is 2.45. The fourth-order valence-electron chi connectivity index (χ4n) is 2.77. The molecule has 0 N–H and O–H groups in total. The van der Waals surface area contributed by atoms with Crippen molar-refractivity contribution < 1.29 is 0 Å². The minimum atomic E-state index is 0.645. The lowest BCUT2D eigenvalue weighted by Crippen LogP contribution is -2.39. The number of nitrogens with zero attached hydrogens (tertiary/aromatic N) is 1. The SMILES string of the molecule is CC[C@@H]1[C@H](C)CC(C)=CN1c1ccccc1. The molecule has 2 atom stereocenters. The molecule has 1 heteroatoms. The first kappa shape index (κ1) is 11.3. The largest absolute Gasteiger partial charge is 0.345 e. The van der Waals surface area contributed by atoms with E-state index in [9.17, 15) is 0 Å². The molecule has 0 aliphatic carbocycles. The van der Waals surface area contributed by atoms with E-state index in [4.69, 9.17) is 0 Å². The van der Waals surface area contributed by atoms with Crippen LogP contribution in [0.4, 0.5) is 5.69 Å². The molecule has 1 aliphatic heterocycles. The molecule has 2 rings (SSSR count). The minimum Gasteiger partial charge on any atom is -0.345 e. The molecule has 86 valence electrons. The molecule has 1 aromatic carbocycles. The smallest absolute Gasteiger partial charge is 0.0408 e. The number of hydrogen-bond donors (Lipinski definition) is 0. The lowest BCUT2D eigenvalue weighted by atomic mass is 9.88. The molecule has 1 aromatic rings. The van der Waals surface area contributed by atoms with Crippen molar-refractivity contribution in [1.82, 2.24) is 0 Å². The van der Waals surface area contributed by atoms with Crippen LogP contribution in [0.1, 0.15) is 33.6 Å². The topological polar surface area (TPSA) is 3.24 Å². The summed E-state index contributed by atoms with van der Waals surface area (Å²) >= 11 is 0. The average molecular weight is 215 g/mol. The van der Waals surface area contributed by atoms with E-state index in [-0.39, 0.29) is 0 Å². The second kappa shape index (κ2) is 4.73. The van der Waals surface area contributed by atoms with Gasteiger partial charge in [-0.25, -0.2) is 0 Å². The summed E-state index contributed by atoms with van der Waals surface area (Å²) in [5.74, 6) is 0.746. The van der Waals surface area contributed by atoms with Crippen LogP contribution in [-0.2, 0) is 0 Å². The van der Waals surface area contributed by atoms with Gasteiger partial charge in [0.05, 0.1) is 0 Å². The van der Waals surface area contributed by atoms with Crippen LogP contribution >= 0.6 is 0 Å². The van der Waals surface area contributed by atoms with Gasteiger partial charge in [-0.2, -0.15) is 0 Å². The summed E-state index contributed by atoms with van der Waals surface area (Å²) in [6.45, 7) is 6.88. The van der Waals surface area contributed by atoms with Gasteiger partial charge in [-0.1, -0.05) is 37.6 Å². The molecule has 0 aromatic heterocycles. The third-order valence-corrected chi connectivity index (χ3v) is 3.49. The van der Waals surface area contributed by atoms with Crippen molar-refractivity contribution in [3.8, 4) is 0 Å². The summed E-state index contributed by atoms with van der Waals surface area (Å²) in [6.07, 6.45) is 4.77. The van der Waals surface area contributed by atoms with E-state index in [0.717, 1.165) is 5.92 Å². The Morgan fingerprint density at radius 2 is 1.94 bits per heavy atom. The van der Waals surface area contributed by atoms with Gasteiger partial charge in [0.1, 0.15) is 0 Å². The third-order valence-electron chi connectivity index (χ3n) is 3.49. The van der Waals surface area contributed by atoms with Crippen molar-refractivity contribution in [2.45, 2.75) is 39.7 Å². The molecule has 0 saturated carbocycles. The Morgan fingerprint density at radius 3 is 2.56 bits per heavy atom. The first-order valence-corrected chi connectivity index (χ1v) is 6.23. The van der Waals surface area contributed by atoms with Crippen LogP contribution in [0.3, 0.4) is 0 Å². The molecule has 0 spiro atoms. The Morgan fingerprint density at radius 1 is 1.25 bits per heavy atom. The Hall–Kier alpha value is -1.24. The molecule has 1 nitrogen and oxygen atoms in total. The average Bonchev–Trinajstić information content (AvgIpc) is 2.29. The van der Waals surface area contributed by atoms with Gasteiger partial charge in [0.15, 0.2) is 0 Å². The van der Waals surface area contributed by atoms with Crippen LogP contribution in [0, 0.1) is 5.92 Å². The van der Waals surface area contributed by atoms with Crippen LogP contribution in [0.25, 0.3) is 0 Å². The molecular formula is C15H21N. The predicted octanol–water partition coefficient (Wildman–Crippen LogP) is 4.22. The van der Waals surface area contributed by atoms with Gasteiger partial charge in [-0.05, 0) is 37.8 Å². The van der Waals surface area contributed by atoms with Crippen LogP contribution in [0.2, 0.25) is 0 Å². The Balaban J connectivity index is 2.33. The van der Waals surface area contributed by atoms with Gasteiger partial charge >= 0.3 is 0 Å². The maximum Gasteiger partial charge on any atom is 0.0408 e. The van der Waals surface area contributed by atoms with Crippen molar-refractivity contribution in [2.75, 3.05) is 4.90 Å². The van der Waals surface area contributed by atoms with Gasteiger partial charge in [0.2, 0.25) is 0 Å². The zero-order valence-electron chi connectivity index (χ0n) is 10.5. The van der Waals surface area contributed by atoms with Gasteiger partial charge in [-0.3, -0.25) is 0 Å². The van der Waals surface area contributed by atoms with Crippen molar-refractivity contribution in [2.24, 2.45) is 5.92 Å². The molecule has 0 fully saturated rings. The predicted molar refractivity (Wildman–Crippen MR) is 70.5 cm³/mol. The number of hydrogen-bond acceptors (Lipinski definition) is 1. The van der Waals surface area contributed by atoms with Crippen LogP contribution in [0.5, 0.6) is 0 Å². The highest BCUT2D eigenvalue weighted by Gasteiger charge is 2.26. The molecule has 0 radical (unpaired) electrons. The normalized spacial score (nSPS) is 25.4. The van der Waals surface area contributed by atoms with Crippen molar-refractivity contribution in [3.63, 3.8) is 0 Å². The lowest BCUT2D eigenvalue weighted by Gasteiger charge is -2.39. The molecule has 0 saturated heterocycles. The summed E-state index contributed by atoms with van der Waals surface area (Å²) < 4.78 is 0. The van der Waals surface area contributed by atoms with Crippen LogP contribution < -0.4 is 4.90 Å². The van der Waals surface area contributed by atoms with Gasteiger partial charge in [0.25, 0.3) is 0 Å². The van der Waals surface area contributed by atoms with Gasteiger partial charge in [0, 0.05) is 17.9 Å². The number of allylic oxidation sites excluding steroid dienone is 1. The van der Waals surface area contributed by atoms with E-state index in [1.165, 1.54) is 24.1 Å². The van der Waals surface area contributed by atoms with E-state index in [1.807, 2.05) is 0 Å². The van der Waals surface area contributed by atoms with E-state index < -0.39 is 0 Å². The van der Waals surface area contributed by atoms with Crippen LogP contribution in [-0.4, -0.2) is 6.04 Å². The quantitative estimate of drug-likeness (QED) is 0.714. The second-order valence-electron chi connectivity index (χ2n) is 4.88. The zero-order valence-corrected chi connectivity index (χ0v) is 10.5. The van der Waals surface area contributed by atoms with E-state index >= 15 is 0 Å². The lowest BCUT2D eigenvalue weighted by molar-refractivity contribution is 0.414. The zero-order chi connectivity index (χ0) is 11.5. The summed E-state index contributed by atoms with van der Waals surface area (Å²) in [7, 11) is 0. The third kappa shape index (κ3) is 2.13. The van der Waals surface area contributed by atoms with Crippen LogP contribution in [0.15, 0.2) is 42.1 Å². The van der Waals surface area contributed by atoms with Crippen molar-refractivity contribution in [3.05, 3.63) is 42.1 Å². The summed E-state index contributed by atoms with van der Waals surface area (Å²) in [5.41, 5.74) is 2.81. The second-order valence-corrected chi connectivity index (χ2v) is 4.88. The standard InChI is InChI=1S/C15H21N/c1-4-15-13(3)10-12(2)11-16(15)14-8-6-5-7-9-14/h5-9,11,13,15H,4,10H2,1-3H3/t13-,15-/m1/s1. The highest BCUT2D eigenvalue weighted by molar-refractivity contribution is 5.51. The highest BCUT2D eigenvalue weighted by atomic mass is 15.2. The number of benzene rings is 1. The Kier molecular flexibility index (Phi) is 3.33. The van der Waals surface area contributed by atoms with E-state index in [0.29, 0.717) is 6.04 Å². The van der Waals surface area contributed by atoms with E-state index in [2.05, 4.69) is 62.2 Å². The van der Waals surface area contributed by atoms with Crippen molar-refractivity contribution in [1.29, 1.82) is 0 Å². The monoisotopic (exact) mass is 215 g/mol. The molecule has 1 aliphatic rings. The molecule has 0 unspecified atom stereocenters. The fraction of sp³-hybridized carbons (Fsp3) is 0.467. The maximum atomic E-state index is 2.45. The minimum absolute atomic E-state index is 0.645. The number of para-hydroxylation sites is 1. The summed E-state index contributed by atoms with van der Waals surface area (Å²) in [5, 5.41) is 0. The number of rotatable bonds is 2. The summed E-state index contributed by atoms with van der Waals surface area (Å²) in [4.78, 5) is 2.45.